The van der Waals surface area contributed by atoms with Crippen LogP contribution in [0.2, 0.25) is 0 Å². The van der Waals surface area contributed by atoms with E-state index >= 15 is 0 Å². The normalized spacial score (nSPS) is 16.7. The lowest BCUT2D eigenvalue weighted by molar-refractivity contribution is -0.0496. The third-order valence-electron chi connectivity index (χ3n) is 4.79. The topological polar surface area (TPSA) is 83.0 Å². The van der Waals surface area contributed by atoms with Crippen molar-refractivity contribution in [2.75, 3.05) is 33.8 Å². The molecule has 1 aromatic carbocycles. The van der Waals surface area contributed by atoms with Crippen LogP contribution in [0.4, 0.5) is 13.2 Å². The van der Waals surface area contributed by atoms with Crippen molar-refractivity contribution in [3.63, 3.8) is 0 Å². The maximum atomic E-state index is 12.6. The van der Waals surface area contributed by atoms with Gasteiger partial charge in [-0.3, -0.25) is 4.99 Å². The third kappa shape index (κ3) is 7.15. The van der Waals surface area contributed by atoms with Crippen molar-refractivity contribution in [1.29, 1.82) is 0 Å². The Morgan fingerprint density at radius 1 is 1.23 bits per heavy atom. The number of aryl methyl sites for hydroxylation is 1. The minimum absolute atomic E-state index is 0. The minimum atomic E-state index is -5.25. The van der Waals surface area contributed by atoms with Crippen LogP contribution >= 0.6 is 24.0 Å². The van der Waals surface area contributed by atoms with Crippen molar-refractivity contribution in [2.24, 2.45) is 10.9 Å². The molecule has 1 saturated heterocycles. The molecule has 0 saturated carbocycles. The Morgan fingerprint density at radius 2 is 1.87 bits per heavy atom. The number of alkyl halides is 3. The quantitative estimate of drug-likeness (QED) is 0.316. The van der Waals surface area contributed by atoms with Crippen LogP contribution in [0.15, 0.2) is 23.2 Å². The first kappa shape index (κ1) is 26.8. The predicted molar refractivity (Wildman–Crippen MR) is 121 cm³/mol. The van der Waals surface area contributed by atoms with Crippen molar-refractivity contribution in [1.82, 2.24) is 14.9 Å². The molecule has 1 heterocycles. The highest BCUT2D eigenvalue weighted by molar-refractivity contribution is 14.0. The van der Waals surface area contributed by atoms with E-state index in [2.05, 4.69) is 15.6 Å². The van der Waals surface area contributed by atoms with Gasteiger partial charge in [-0.25, -0.2) is 8.42 Å². The van der Waals surface area contributed by atoms with Crippen molar-refractivity contribution >= 4 is 40.0 Å². The molecule has 0 aromatic heterocycles. The molecule has 0 atom stereocenters. The van der Waals surface area contributed by atoms with Gasteiger partial charge in [-0.15, -0.1) is 24.0 Å². The van der Waals surface area contributed by atoms with Gasteiger partial charge in [0.05, 0.1) is 7.11 Å². The second-order valence-corrected chi connectivity index (χ2v) is 8.89. The number of nitrogens with zero attached hydrogens (tertiary/aromatic N) is 2. The fourth-order valence-corrected chi connectivity index (χ4v) is 4.18. The predicted octanol–water partition coefficient (Wildman–Crippen LogP) is 2.85. The molecule has 1 aliphatic heterocycles. The summed E-state index contributed by atoms with van der Waals surface area (Å²) in [7, 11) is -2.00. The first-order chi connectivity index (χ1) is 13.6. The van der Waals surface area contributed by atoms with Crippen LogP contribution in [0.5, 0.6) is 5.75 Å². The summed E-state index contributed by atoms with van der Waals surface area (Å²) in [6.45, 7) is 2.73. The van der Waals surface area contributed by atoms with E-state index in [1.165, 1.54) is 0 Å². The van der Waals surface area contributed by atoms with E-state index in [0.717, 1.165) is 16.9 Å². The molecule has 1 fully saturated rings. The molecule has 12 heteroatoms. The Hall–Kier alpha value is -1.28. The van der Waals surface area contributed by atoms with Crippen LogP contribution in [0.25, 0.3) is 0 Å². The fraction of sp³-hybridized carbons (Fsp3) is 0.611. The average molecular weight is 564 g/mol. The summed E-state index contributed by atoms with van der Waals surface area (Å²) < 4.78 is 66.6. The lowest BCUT2D eigenvalue weighted by Gasteiger charge is -2.31. The molecule has 7 nitrogen and oxygen atoms in total. The number of hydrogen-bond donors (Lipinski definition) is 2. The number of guanidine groups is 1. The number of piperidine rings is 1. The van der Waals surface area contributed by atoms with E-state index in [0.29, 0.717) is 36.2 Å². The maximum absolute atomic E-state index is 12.6. The van der Waals surface area contributed by atoms with Gasteiger partial charge < -0.3 is 15.4 Å². The highest BCUT2D eigenvalue weighted by Gasteiger charge is 2.50. The van der Waals surface area contributed by atoms with Gasteiger partial charge in [0.25, 0.3) is 0 Å². The number of ether oxygens (including phenoxy) is 1. The second-order valence-electron chi connectivity index (χ2n) is 6.96. The molecule has 0 aliphatic carbocycles. The summed E-state index contributed by atoms with van der Waals surface area (Å²) in [6.07, 6.45) is 0.711. The highest BCUT2D eigenvalue weighted by Crippen LogP contribution is 2.30. The molecular weight excluding hydrogens is 536 g/mol. The van der Waals surface area contributed by atoms with E-state index in [4.69, 9.17) is 4.74 Å². The largest absolute Gasteiger partial charge is 0.511 e. The molecule has 1 aromatic rings. The second kappa shape index (κ2) is 11.4. The van der Waals surface area contributed by atoms with E-state index < -0.39 is 15.5 Å². The first-order valence-corrected chi connectivity index (χ1v) is 10.7. The number of sulfonamides is 1. The summed E-state index contributed by atoms with van der Waals surface area (Å²) >= 11 is 0. The van der Waals surface area contributed by atoms with Crippen LogP contribution < -0.4 is 15.4 Å². The van der Waals surface area contributed by atoms with Crippen molar-refractivity contribution in [3.05, 3.63) is 29.3 Å². The zero-order valence-corrected chi connectivity index (χ0v) is 20.3. The monoisotopic (exact) mass is 564 g/mol. The Morgan fingerprint density at radius 3 is 2.40 bits per heavy atom. The SMILES string of the molecule is CN=C(NCc1cc(C)cc(OC)c1)NCC1CCN(S(=O)(=O)C(F)(F)F)CC1.I. The van der Waals surface area contributed by atoms with Gasteiger partial charge in [-0.1, -0.05) is 6.07 Å². The fourth-order valence-electron chi connectivity index (χ4n) is 3.19. The summed E-state index contributed by atoms with van der Waals surface area (Å²) in [5.74, 6) is 1.40. The third-order valence-corrected chi connectivity index (χ3v) is 6.42. The van der Waals surface area contributed by atoms with E-state index in [9.17, 15) is 21.6 Å². The van der Waals surface area contributed by atoms with Crippen LogP contribution in [0, 0.1) is 12.8 Å². The summed E-state index contributed by atoms with van der Waals surface area (Å²) in [4.78, 5) is 4.15. The number of nitrogens with one attached hydrogen (secondary N) is 2. The number of hydrogen-bond acceptors (Lipinski definition) is 4. The molecular formula is C18H28F3IN4O3S. The number of benzene rings is 1. The molecule has 30 heavy (non-hydrogen) atoms. The molecule has 0 bridgehead atoms. The van der Waals surface area contributed by atoms with E-state index in [1.54, 1.807) is 14.2 Å². The summed E-state index contributed by atoms with van der Waals surface area (Å²) in [5, 5.41) is 6.34. The number of methoxy groups -OCH3 is 1. The molecule has 1 aliphatic rings. The molecule has 0 amide bonds. The zero-order valence-electron chi connectivity index (χ0n) is 17.1. The van der Waals surface area contributed by atoms with Crippen molar-refractivity contribution < 1.29 is 26.3 Å². The van der Waals surface area contributed by atoms with Crippen molar-refractivity contribution in [2.45, 2.75) is 31.8 Å². The lowest BCUT2D eigenvalue weighted by atomic mass is 9.98. The minimum Gasteiger partial charge on any atom is -0.497 e. The van der Waals surface area contributed by atoms with Gasteiger partial charge in [0.1, 0.15) is 5.75 Å². The van der Waals surface area contributed by atoms with Gasteiger partial charge in [0.15, 0.2) is 5.96 Å². The summed E-state index contributed by atoms with van der Waals surface area (Å²) in [6, 6.07) is 5.88. The number of aliphatic imine (C=N–C) groups is 1. The van der Waals surface area contributed by atoms with Gasteiger partial charge in [-0.05, 0) is 48.9 Å². The van der Waals surface area contributed by atoms with Crippen LogP contribution in [-0.2, 0) is 16.6 Å². The Bertz CT molecular complexity index is 826. The molecule has 2 rings (SSSR count). The number of halogens is 4. The molecule has 0 radical (unpaired) electrons. The standard InChI is InChI=1S/C18H27F3N4O3S.HI/c1-13-8-15(10-16(9-13)28-3)12-24-17(22-2)23-11-14-4-6-25(7-5-14)29(26,27)18(19,20)21;/h8-10,14H,4-7,11-12H2,1-3H3,(H2,22,23,24);1H. The van der Waals surface area contributed by atoms with Crippen LogP contribution in [0.1, 0.15) is 24.0 Å². The van der Waals surface area contributed by atoms with E-state index in [-0.39, 0.29) is 43.0 Å². The first-order valence-electron chi connectivity index (χ1n) is 9.22. The smallest absolute Gasteiger partial charge is 0.497 e. The van der Waals surface area contributed by atoms with Gasteiger partial charge in [0.2, 0.25) is 0 Å². The van der Waals surface area contributed by atoms with E-state index in [1.807, 2.05) is 25.1 Å². The lowest BCUT2D eigenvalue weighted by Crippen LogP contribution is -2.47. The molecule has 0 unspecified atom stereocenters. The van der Waals surface area contributed by atoms with Gasteiger partial charge in [0, 0.05) is 33.2 Å². The molecule has 0 spiro atoms. The van der Waals surface area contributed by atoms with Crippen LogP contribution in [-0.4, -0.2) is 58.0 Å². The highest BCUT2D eigenvalue weighted by atomic mass is 127. The van der Waals surface area contributed by atoms with Crippen molar-refractivity contribution in [3.8, 4) is 5.75 Å². The van der Waals surface area contributed by atoms with Gasteiger partial charge in [-0.2, -0.15) is 17.5 Å². The Labute approximate surface area is 192 Å². The molecule has 2 N–H and O–H groups in total. The molecule has 172 valence electrons. The maximum Gasteiger partial charge on any atom is 0.511 e. The van der Waals surface area contributed by atoms with Gasteiger partial charge >= 0.3 is 15.5 Å². The Kier molecular flexibility index (Phi) is 10.1. The Balaban J connectivity index is 0.00000450. The summed E-state index contributed by atoms with van der Waals surface area (Å²) in [5.41, 5.74) is -3.15. The average Bonchev–Trinajstić information content (AvgIpc) is 2.67. The van der Waals surface area contributed by atoms with Crippen LogP contribution in [0.3, 0.4) is 0 Å². The number of rotatable bonds is 6. The zero-order chi connectivity index (χ0) is 21.7.